The molecule has 138 valence electrons. The van der Waals surface area contributed by atoms with Crippen molar-refractivity contribution >= 4 is 17.3 Å². The maximum Gasteiger partial charge on any atom is 0.203 e. The van der Waals surface area contributed by atoms with Crippen molar-refractivity contribution in [3.8, 4) is 17.2 Å². The molecule has 1 N–H and O–H groups in total. The van der Waals surface area contributed by atoms with E-state index in [1.165, 1.54) is 26.4 Å². The van der Waals surface area contributed by atoms with E-state index in [-0.39, 0.29) is 5.82 Å². The van der Waals surface area contributed by atoms with Gasteiger partial charge >= 0.3 is 0 Å². The topological polar surface area (TPSA) is 43.0 Å². The van der Waals surface area contributed by atoms with E-state index < -0.39 is 6.04 Å². The fourth-order valence-corrected chi connectivity index (χ4v) is 3.42. The van der Waals surface area contributed by atoms with Gasteiger partial charge in [-0.25, -0.2) is 4.39 Å². The van der Waals surface area contributed by atoms with E-state index >= 15 is 0 Å². The minimum Gasteiger partial charge on any atom is -0.493 e. The highest BCUT2D eigenvalue weighted by atomic mass is 35.5. The predicted octanol–water partition coefficient (Wildman–Crippen LogP) is 4.42. The molecule has 0 aromatic heterocycles. The van der Waals surface area contributed by atoms with Crippen LogP contribution < -0.4 is 19.5 Å². The van der Waals surface area contributed by atoms with Gasteiger partial charge in [0.15, 0.2) is 11.5 Å². The second-order valence-electron chi connectivity index (χ2n) is 5.86. The van der Waals surface area contributed by atoms with Gasteiger partial charge in [-0.3, -0.25) is 0 Å². The maximum atomic E-state index is 14.7. The van der Waals surface area contributed by atoms with E-state index in [1.807, 2.05) is 11.9 Å². The van der Waals surface area contributed by atoms with Gasteiger partial charge < -0.3 is 24.4 Å². The van der Waals surface area contributed by atoms with Crippen LogP contribution in [0.15, 0.2) is 36.7 Å². The van der Waals surface area contributed by atoms with E-state index in [9.17, 15) is 4.39 Å². The normalized spacial score (nSPS) is 16.0. The molecule has 1 unspecified atom stereocenters. The van der Waals surface area contributed by atoms with Crippen molar-refractivity contribution < 1.29 is 18.6 Å². The lowest BCUT2D eigenvalue weighted by Crippen LogP contribution is -2.34. The Morgan fingerprint density at radius 1 is 1.12 bits per heavy atom. The van der Waals surface area contributed by atoms with Crippen molar-refractivity contribution in [3.05, 3.63) is 58.6 Å². The Morgan fingerprint density at radius 2 is 1.81 bits per heavy atom. The second kappa shape index (κ2) is 6.96. The highest BCUT2D eigenvalue weighted by Crippen LogP contribution is 2.52. The molecule has 0 aliphatic carbocycles. The van der Waals surface area contributed by atoms with Crippen LogP contribution in [0.4, 0.5) is 10.1 Å². The lowest BCUT2D eigenvalue weighted by Gasteiger charge is -2.39. The van der Waals surface area contributed by atoms with Gasteiger partial charge in [0.05, 0.1) is 38.9 Å². The number of hydrogen-bond acceptors (Lipinski definition) is 5. The summed E-state index contributed by atoms with van der Waals surface area (Å²) in [6, 6.07) is 5.75. The highest BCUT2D eigenvalue weighted by Gasteiger charge is 2.36. The van der Waals surface area contributed by atoms with Crippen LogP contribution in [0.5, 0.6) is 17.2 Å². The fourth-order valence-electron chi connectivity index (χ4n) is 3.23. The lowest BCUT2D eigenvalue weighted by molar-refractivity contribution is 0.299. The third-order valence-electron chi connectivity index (χ3n) is 4.49. The molecule has 0 bridgehead atoms. The average molecular weight is 379 g/mol. The second-order valence-corrected chi connectivity index (χ2v) is 6.29. The number of ether oxygens (including phenoxy) is 3. The molecule has 0 saturated heterocycles. The molecule has 5 nitrogen and oxygen atoms in total. The zero-order valence-electron chi connectivity index (χ0n) is 15.0. The molecule has 1 aliphatic rings. The third kappa shape index (κ3) is 2.80. The molecule has 26 heavy (non-hydrogen) atoms. The van der Waals surface area contributed by atoms with Gasteiger partial charge in [-0.2, -0.15) is 0 Å². The fraction of sp³-hybridized carbons (Fsp3) is 0.263. The van der Waals surface area contributed by atoms with Gasteiger partial charge in [0, 0.05) is 29.3 Å². The molecular weight excluding hydrogens is 359 g/mol. The number of benzene rings is 2. The van der Waals surface area contributed by atoms with Gasteiger partial charge in [-0.15, -0.1) is 0 Å². The Morgan fingerprint density at radius 3 is 2.42 bits per heavy atom. The van der Waals surface area contributed by atoms with E-state index in [0.29, 0.717) is 44.9 Å². The maximum absolute atomic E-state index is 14.7. The Balaban J connectivity index is 2.35. The van der Waals surface area contributed by atoms with Crippen molar-refractivity contribution in [1.82, 2.24) is 4.90 Å². The smallest absolute Gasteiger partial charge is 0.203 e. The van der Waals surface area contributed by atoms with E-state index in [4.69, 9.17) is 25.8 Å². The molecule has 1 aliphatic heterocycles. The van der Waals surface area contributed by atoms with Crippen molar-refractivity contribution in [2.75, 3.05) is 33.7 Å². The first kappa shape index (κ1) is 18.2. The van der Waals surface area contributed by atoms with Crippen LogP contribution in [-0.4, -0.2) is 33.3 Å². The van der Waals surface area contributed by atoms with E-state index in [0.717, 1.165) is 0 Å². The Labute approximate surface area is 156 Å². The van der Waals surface area contributed by atoms with Crippen LogP contribution in [0, 0.1) is 5.82 Å². The van der Waals surface area contributed by atoms with E-state index in [1.54, 1.807) is 19.2 Å². The van der Waals surface area contributed by atoms with Gasteiger partial charge in [-0.05, 0) is 18.2 Å². The number of rotatable bonds is 4. The van der Waals surface area contributed by atoms with Crippen molar-refractivity contribution in [2.24, 2.45) is 0 Å². The van der Waals surface area contributed by atoms with Crippen molar-refractivity contribution in [2.45, 2.75) is 6.04 Å². The quantitative estimate of drug-likeness (QED) is 0.852. The number of anilines is 1. The van der Waals surface area contributed by atoms with Crippen LogP contribution in [-0.2, 0) is 0 Å². The van der Waals surface area contributed by atoms with Gasteiger partial charge in [0.1, 0.15) is 5.82 Å². The molecule has 2 aromatic rings. The summed E-state index contributed by atoms with van der Waals surface area (Å²) in [4.78, 5) is 1.82. The van der Waals surface area contributed by atoms with E-state index in [2.05, 4.69) is 11.9 Å². The Hall–Kier alpha value is -2.60. The molecule has 0 saturated carbocycles. The molecule has 1 heterocycles. The van der Waals surface area contributed by atoms with Crippen molar-refractivity contribution in [3.63, 3.8) is 0 Å². The number of halogens is 2. The summed E-state index contributed by atoms with van der Waals surface area (Å²) in [5.74, 6) is 1.63. The summed E-state index contributed by atoms with van der Waals surface area (Å²) in [6.45, 7) is 4.02. The standard InChI is InChI=1S/C19H20ClFN2O3/c1-10-22-14-9-15(24-3)18(25-4)19(26-5)16(14)17(23(10)2)12-8-11(20)6-7-13(12)21/h6-9,17,22H,1H2,2-5H3. The summed E-state index contributed by atoms with van der Waals surface area (Å²) >= 11 is 6.13. The molecule has 2 aromatic carbocycles. The SMILES string of the molecule is C=C1Nc2cc(OC)c(OC)c(OC)c2C(c2cc(Cl)ccc2F)N1C. The molecule has 7 heteroatoms. The summed E-state index contributed by atoms with van der Waals surface area (Å²) in [7, 11) is 6.42. The summed E-state index contributed by atoms with van der Waals surface area (Å²) < 4.78 is 31.2. The van der Waals surface area contributed by atoms with Crippen LogP contribution >= 0.6 is 11.6 Å². The van der Waals surface area contributed by atoms with Gasteiger partial charge in [-0.1, -0.05) is 18.2 Å². The lowest BCUT2D eigenvalue weighted by atomic mass is 9.92. The highest BCUT2D eigenvalue weighted by molar-refractivity contribution is 6.30. The molecule has 3 rings (SSSR count). The number of nitrogens with zero attached hydrogens (tertiary/aromatic N) is 1. The largest absolute Gasteiger partial charge is 0.493 e. The van der Waals surface area contributed by atoms with Crippen LogP contribution in [0.3, 0.4) is 0 Å². The number of hydrogen-bond donors (Lipinski definition) is 1. The zero-order valence-corrected chi connectivity index (χ0v) is 15.8. The molecular formula is C19H20ClFN2O3. The van der Waals surface area contributed by atoms with Crippen molar-refractivity contribution in [1.29, 1.82) is 0 Å². The summed E-state index contributed by atoms with van der Waals surface area (Å²) in [6.07, 6.45) is 0. The van der Waals surface area contributed by atoms with Crippen LogP contribution in [0.25, 0.3) is 0 Å². The molecule has 0 fully saturated rings. The molecule has 0 spiro atoms. The monoisotopic (exact) mass is 378 g/mol. The minimum atomic E-state index is -0.507. The number of nitrogens with one attached hydrogen (secondary N) is 1. The first-order valence-electron chi connectivity index (χ1n) is 7.89. The summed E-state index contributed by atoms with van der Waals surface area (Å²) in [5.41, 5.74) is 1.82. The number of methoxy groups -OCH3 is 3. The third-order valence-corrected chi connectivity index (χ3v) is 4.72. The molecule has 0 amide bonds. The predicted molar refractivity (Wildman–Crippen MR) is 99.9 cm³/mol. The Bertz CT molecular complexity index is 872. The molecule has 0 radical (unpaired) electrons. The average Bonchev–Trinajstić information content (AvgIpc) is 2.63. The number of fused-ring (bicyclic) bond motifs is 1. The molecule has 1 atom stereocenters. The first-order chi connectivity index (χ1) is 12.4. The van der Waals surface area contributed by atoms with Crippen LogP contribution in [0.1, 0.15) is 17.2 Å². The summed E-state index contributed by atoms with van der Waals surface area (Å²) in [5, 5.41) is 3.65. The van der Waals surface area contributed by atoms with Crippen LogP contribution in [0.2, 0.25) is 5.02 Å². The minimum absolute atomic E-state index is 0.372. The zero-order chi connectivity index (χ0) is 19.0. The first-order valence-corrected chi connectivity index (χ1v) is 8.27. The van der Waals surface area contributed by atoms with Gasteiger partial charge in [0.2, 0.25) is 5.75 Å². The van der Waals surface area contributed by atoms with Gasteiger partial charge in [0.25, 0.3) is 0 Å². The Kier molecular flexibility index (Phi) is 4.87.